The fourth-order valence-electron chi connectivity index (χ4n) is 2.31. The van der Waals surface area contributed by atoms with Gasteiger partial charge in [0.25, 0.3) is 0 Å². The van der Waals surface area contributed by atoms with Gasteiger partial charge in [-0.3, -0.25) is 9.67 Å². The lowest BCUT2D eigenvalue weighted by atomic mass is 10.1. The maximum atomic E-state index is 10.0. The van der Waals surface area contributed by atoms with E-state index in [-0.39, 0.29) is 5.82 Å². The maximum Gasteiger partial charge on any atom is 0.165 e. The minimum Gasteiger partial charge on any atom is -0.394 e. The van der Waals surface area contributed by atoms with E-state index < -0.39 is 31.1 Å². The van der Waals surface area contributed by atoms with Gasteiger partial charge in [0, 0.05) is 0 Å². The van der Waals surface area contributed by atoms with Crippen molar-refractivity contribution < 1.29 is 20.1 Å². The summed E-state index contributed by atoms with van der Waals surface area (Å²) in [6.45, 7) is -0.401. The number of halogens is 1. The minimum atomic E-state index is -1.21. The second kappa shape index (κ2) is 5.39. The molecule has 9 nitrogen and oxygen atoms in total. The summed E-state index contributed by atoms with van der Waals surface area (Å²) in [4.78, 5) is 4.18. The Morgan fingerprint density at radius 3 is 2.76 bits per heavy atom. The van der Waals surface area contributed by atoms with Gasteiger partial charge in [-0.25, -0.2) is 4.98 Å². The van der Waals surface area contributed by atoms with E-state index in [1.165, 1.54) is 10.9 Å². The molecule has 1 aliphatic rings. The van der Waals surface area contributed by atoms with Gasteiger partial charge in [0.2, 0.25) is 0 Å². The van der Waals surface area contributed by atoms with E-state index in [4.69, 9.17) is 15.6 Å². The van der Waals surface area contributed by atoms with Crippen molar-refractivity contribution in [2.24, 2.45) is 0 Å². The van der Waals surface area contributed by atoms with E-state index >= 15 is 0 Å². The number of nitrogens with zero attached hydrogens (tertiary/aromatic N) is 3. The van der Waals surface area contributed by atoms with Crippen molar-refractivity contribution in [3.63, 3.8) is 0 Å². The molecule has 6 N–H and O–H groups in total. The molecule has 1 aliphatic heterocycles. The summed E-state index contributed by atoms with van der Waals surface area (Å²) in [6.07, 6.45) is -1.21. The predicted octanol–water partition coefficient (Wildman–Crippen LogP) is -0.771. The van der Waals surface area contributed by atoms with Crippen molar-refractivity contribution in [1.29, 1.82) is 0 Å². The molecule has 0 unspecified atom stereocenters. The smallest absolute Gasteiger partial charge is 0.165 e. The van der Waals surface area contributed by atoms with Gasteiger partial charge in [-0.2, -0.15) is 5.10 Å². The highest BCUT2D eigenvalue weighted by atomic mass is 79.9. The molecule has 1 saturated heterocycles. The average molecular weight is 360 g/mol. The molecule has 0 aliphatic carbocycles. The molecule has 4 atom stereocenters. The Bertz CT molecular complexity index is 644. The second-order valence-electron chi connectivity index (χ2n) is 4.71. The van der Waals surface area contributed by atoms with Crippen molar-refractivity contribution >= 4 is 21.7 Å². The number of aromatic nitrogens is 4. The fraction of sp³-hybridized carbons (Fsp3) is 0.455. The first-order valence-electron chi connectivity index (χ1n) is 6.18. The molecule has 10 heteroatoms. The lowest BCUT2D eigenvalue weighted by molar-refractivity contribution is -0.0517. The number of nitrogens with one attached hydrogen (secondary N) is 1. The number of H-pyrrole nitrogens is 1. The first-order chi connectivity index (χ1) is 10.0. The van der Waals surface area contributed by atoms with Gasteiger partial charge >= 0.3 is 0 Å². The number of hydrogen-bond donors (Lipinski definition) is 5. The molecule has 0 radical (unpaired) electrons. The van der Waals surface area contributed by atoms with Gasteiger partial charge in [0.15, 0.2) is 6.23 Å². The predicted molar refractivity (Wildman–Crippen MR) is 74.9 cm³/mol. The van der Waals surface area contributed by atoms with Crippen LogP contribution in [-0.4, -0.2) is 60.0 Å². The first kappa shape index (κ1) is 14.5. The monoisotopic (exact) mass is 359 g/mol. The molecule has 21 heavy (non-hydrogen) atoms. The number of imidazole rings is 1. The van der Waals surface area contributed by atoms with E-state index in [1.54, 1.807) is 6.20 Å². The van der Waals surface area contributed by atoms with Crippen LogP contribution in [0.2, 0.25) is 0 Å². The first-order valence-corrected chi connectivity index (χ1v) is 6.98. The maximum absolute atomic E-state index is 10.0. The minimum absolute atomic E-state index is 0.245. The standard InChI is InChI=1S/C11H14BrN5O4/c12-4-1-15-16-6(4)7-10(13)17(3-14-7)11-9(20)8(19)5(2-18)21-11/h1,3,5,8-9,11,18-20H,2,13H2,(H,15,16)/t5-,8-,9-,11-/m1/s1. The Balaban J connectivity index is 1.95. The number of aliphatic hydroxyl groups excluding tert-OH is 3. The number of nitrogen functional groups attached to an aromatic ring is 1. The van der Waals surface area contributed by atoms with Crippen molar-refractivity contribution in [3.05, 3.63) is 17.0 Å². The molecule has 1 fully saturated rings. The molecular formula is C11H14BrN5O4. The SMILES string of the molecule is Nc1c(-c2[nH]ncc2Br)ncn1[C@@H]1O[C@H](CO)[C@@H](O)[C@H]1O. The summed E-state index contributed by atoms with van der Waals surface area (Å²) in [5.41, 5.74) is 7.07. The third kappa shape index (κ3) is 2.24. The molecule has 0 amide bonds. The quantitative estimate of drug-likeness (QED) is 0.484. The highest BCUT2D eigenvalue weighted by Gasteiger charge is 2.44. The van der Waals surface area contributed by atoms with Crippen molar-refractivity contribution in [2.45, 2.75) is 24.5 Å². The van der Waals surface area contributed by atoms with Crippen LogP contribution in [-0.2, 0) is 4.74 Å². The largest absolute Gasteiger partial charge is 0.394 e. The lowest BCUT2D eigenvalue weighted by Crippen LogP contribution is -2.33. The van der Waals surface area contributed by atoms with Crippen LogP contribution in [0.3, 0.4) is 0 Å². The highest BCUT2D eigenvalue weighted by Crippen LogP contribution is 2.35. The van der Waals surface area contributed by atoms with Gasteiger partial charge in [-0.05, 0) is 15.9 Å². The number of hydrogen-bond acceptors (Lipinski definition) is 7. The normalized spacial score (nSPS) is 29.1. The molecule has 0 bridgehead atoms. The summed E-state index contributed by atoms with van der Waals surface area (Å²) >= 11 is 3.32. The highest BCUT2D eigenvalue weighted by molar-refractivity contribution is 9.10. The average Bonchev–Trinajstić information content (AvgIpc) is 3.11. The molecule has 0 aromatic carbocycles. The molecule has 0 spiro atoms. The topological polar surface area (TPSA) is 142 Å². The van der Waals surface area contributed by atoms with Gasteiger partial charge < -0.3 is 25.8 Å². The van der Waals surface area contributed by atoms with Crippen molar-refractivity contribution in [3.8, 4) is 11.4 Å². The van der Waals surface area contributed by atoms with Gasteiger partial charge in [0.05, 0.1) is 23.6 Å². The van der Waals surface area contributed by atoms with Gasteiger partial charge in [-0.1, -0.05) is 0 Å². The van der Waals surface area contributed by atoms with Crippen LogP contribution in [0, 0.1) is 0 Å². The number of rotatable bonds is 3. The van der Waals surface area contributed by atoms with E-state index in [9.17, 15) is 10.2 Å². The zero-order valence-electron chi connectivity index (χ0n) is 10.7. The van der Waals surface area contributed by atoms with Crippen LogP contribution in [0.4, 0.5) is 5.82 Å². The number of ether oxygens (including phenoxy) is 1. The summed E-state index contributed by atoms with van der Waals surface area (Å²) in [5, 5.41) is 35.5. The van der Waals surface area contributed by atoms with Crippen LogP contribution >= 0.6 is 15.9 Å². The van der Waals surface area contributed by atoms with Crippen molar-refractivity contribution in [2.75, 3.05) is 12.3 Å². The summed E-state index contributed by atoms with van der Waals surface area (Å²) in [6, 6.07) is 0. The van der Waals surface area contributed by atoms with Gasteiger partial charge in [0.1, 0.15) is 35.5 Å². The number of nitrogens with two attached hydrogens (primary N) is 1. The van der Waals surface area contributed by atoms with Crippen molar-refractivity contribution in [1.82, 2.24) is 19.7 Å². The van der Waals surface area contributed by atoms with E-state index in [1.807, 2.05) is 0 Å². The Kier molecular flexibility index (Phi) is 3.71. The third-order valence-electron chi connectivity index (χ3n) is 3.45. The number of aromatic amines is 1. The molecule has 2 aromatic rings. The van der Waals surface area contributed by atoms with Crippen LogP contribution in [0.5, 0.6) is 0 Å². The third-order valence-corrected chi connectivity index (χ3v) is 4.05. The number of aliphatic hydroxyl groups is 3. The zero-order chi connectivity index (χ0) is 15.1. The molecule has 3 heterocycles. The summed E-state index contributed by atoms with van der Waals surface area (Å²) in [5.74, 6) is 0.245. The van der Waals surface area contributed by atoms with Crippen LogP contribution in [0.15, 0.2) is 17.0 Å². The Morgan fingerprint density at radius 1 is 1.43 bits per heavy atom. The lowest BCUT2D eigenvalue weighted by Gasteiger charge is -2.17. The molecule has 114 valence electrons. The molecule has 2 aromatic heterocycles. The van der Waals surface area contributed by atoms with E-state index in [0.717, 1.165) is 0 Å². The van der Waals surface area contributed by atoms with E-state index in [2.05, 4.69) is 31.1 Å². The van der Waals surface area contributed by atoms with Crippen LogP contribution < -0.4 is 5.73 Å². The second-order valence-corrected chi connectivity index (χ2v) is 5.56. The Morgan fingerprint density at radius 2 is 2.19 bits per heavy atom. The molecular weight excluding hydrogens is 346 g/mol. The Labute approximate surface area is 127 Å². The summed E-state index contributed by atoms with van der Waals surface area (Å²) in [7, 11) is 0. The fourth-order valence-corrected chi connectivity index (χ4v) is 2.69. The Hall–Kier alpha value is -1.46. The molecule has 3 rings (SSSR count). The summed E-state index contributed by atoms with van der Waals surface area (Å²) < 4.78 is 7.52. The molecule has 0 saturated carbocycles. The van der Waals surface area contributed by atoms with Crippen LogP contribution in [0.1, 0.15) is 6.23 Å². The van der Waals surface area contributed by atoms with Gasteiger partial charge in [-0.15, -0.1) is 0 Å². The van der Waals surface area contributed by atoms with Crippen LogP contribution in [0.25, 0.3) is 11.4 Å². The van der Waals surface area contributed by atoms with E-state index in [0.29, 0.717) is 15.9 Å². The number of anilines is 1. The zero-order valence-corrected chi connectivity index (χ0v) is 12.3.